The highest BCUT2D eigenvalue weighted by Crippen LogP contribution is 2.49. The number of phenolic OH excluding ortho intramolecular Hbond substituents is 1. The van der Waals surface area contributed by atoms with Gasteiger partial charge in [-0.05, 0) is 31.9 Å². The lowest BCUT2D eigenvalue weighted by atomic mass is 9.90. The molecule has 1 N–H and O–H groups in total. The van der Waals surface area contributed by atoms with Gasteiger partial charge in [-0.15, -0.1) is 0 Å². The van der Waals surface area contributed by atoms with Gasteiger partial charge in [-0.25, -0.2) is 0 Å². The van der Waals surface area contributed by atoms with E-state index in [1.807, 2.05) is 19.9 Å². The van der Waals surface area contributed by atoms with E-state index in [9.17, 15) is 5.11 Å². The number of benzene rings is 2. The van der Waals surface area contributed by atoms with Crippen LogP contribution >= 0.6 is 0 Å². The fourth-order valence-electron chi connectivity index (χ4n) is 3.48. The molecule has 1 aliphatic heterocycles. The van der Waals surface area contributed by atoms with Gasteiger partial charge >= 0.3 is 0 Å². The van der Waals surface area contributed by atoms with Crippen molar-refractivity contribution in [2.75, 3.05) is 21.3 Å². The number of fused-ring (bicyclic) bond motifs is 2. The van der Waals surface area contributed by atoms with Gasteiger partial charge in [0.05, 0.1) is 38.9 Å². The first kappa shape index (κ1) is 15.7. The van der Waals surface area contributed by atoms with Crippen LogP contribution in [0.5, 0.6) is 23.0 Å². The Balaban J connectivity index is 2.42. The van der Waals surface area contributed by atoms with Gasteiger partial charge in [-0.2, -0.15) is 0 Å². The molecule has 5 nitrogen and oxygen atoms in total. The molecule has 5 heteroatoms. The largest absolute Gasteiger partial charge is 0.507 e. The van der Waals surface area contributed by atoms with Gasteiger partial charge in [0.25, 0.3) is 0 Å². The van der Waals surface area contributed by atoms with Crippen LogP contribution in [0.2, 0.25) is 0 Å². The van der Waals surface area contributed by atoms with Crippen molar-refractivity contribution in [1.82, 2.24) is 0 Å². The summed E-state index contributed by atoms with van der Waals surface area (Å²) in [5, 5.41) is 12.3. The number of methoxy groups -OCH3 is 3. The minimum Gasteiger partial charge on any atom is -0.507 e. The monoisotopic (exact) mass is 318 g/mol. The molecule has 1 heterocycles. The van der Waals surface area contributed by atoms with Gasteiger partial charge in [-0.3, -0.25) is 0 Å². The van der Waals surface area contributed by atoms with Crippen molar-refractivity contribution in [2.45, 2.75) is 32.5 Å². The SMILES string of the molecule is COc1cc(OC)c2c(O)c3c(cc2c1OC)C[C@H](C)O[C@@H]3C. The Bertz CT molecular complexity index is 753. The molecule has 0 radical (unpaired) electrons. The third kappa shape index (κ3) is 2.36. The second kappa shape index (κ2) is 5.81. The van der Waals surface area contributed by atoms with E-state index in [1.54, 1.807) is 27.4 Å². The lowest BCUT2D eigenvalue weighted by Crippen LogP contribution is -2.22. The molecule has 124 valence electrons. The van der Waals surface area contributed by atoms with Crippen molar-refractivity contribution < 1.29 is 24.1 Å². The minimum atomic E-state index is -0.170. The van der Waals surface area contributed by atoms with Gasteiger partial charge < -0.3 is 24.1 Å². The molecular formula is C18H22O5. The molecule has 0 spiro atoms. The molecule has 0 aromatic heterocycles. The van der Waals surface area contributed by atoms with E-state index in [0.29, 0.717) is 22.6 Å². The maximum absolute atomic E-state index is 10.9. The van der Waals surface area contributed by atoms with E-state index < -0.39 is 0 Å². The van der Waals surface area contributed by atoms with E-state index in [0.717, 1.165) is 22.9 Å². The van der Waals surface area contributed by atoms with E-state index in [2.05, 4.69) is 0 Å². The van der Waals surface area contributed by atoms with Crippen molar-refractivity contribution >= 4 is 10.8 Å². The topological polar surface area (TPSA) is 57.2 Å². The van der Waals surface area contributed by atoms with Crippen LogP contribution in [0.25, 0.3) is 10.8 Å². The lowest BCUT2D eigenvalue weighted by Gasteiger charge is -2.30. The van der Waals surface area contributed by atoms with E-state index in [-0.39, 0.29) is 18.0 Å². The fraction of sp³-hybridized carbons (Fsp3) is 0.444. The molecule has 2 atom stereocenters. The highest BCUT2D eigenvalue weighted by atomic mass is 16.5. The second-order valence-electron chi connectivity index (χ2n) is 5.83. The van der Waals surface area contributed by atoms with Crippen molar-refractivity contribution in [3.8, 4) is 23.0 Å². The highest BCUT2D eigenvalue weighted by Gasteiger charge is 2.29. The predicted molar refractivity (Wildman–Crippen MR) is 87.9 cm³/mol. The average Bonchev–Trinajstić information content (AvgIpc) is 2.52. The van der Waals surface area contributed by atoms with Crippen LogP contribution in [-0.2, 0) is 11.2 Å². The predicted octanol–water partition coefficient (Wildman–Crippen LogP) is 3.59. The Morgan fingerprint density at radius 3 is 2.35 bits per heavy atom. The summed E-state index contributed by atoms with van der Waals surface area (Å²) < 4.78 is 22.2. The maximum atomic E-state index is 10.9. The Morgan fingerprint density at radius 1 is 1.04 bits per heavy atom. The molecule has 0 aliphatic carbocycles. The van der Waals surface area contributed by atoms with Gasteiger partial charge in [0.15, 0.2) is 11.5 Å². The molecular weight excluding hydrogens is 296 g/mol. The van der Waals surface area contributed by atoms with Crippen LogP contribution in [0.1, 0.15) is 31.1 Å². The van der Waals surface area contributed by atoms with Crippen molar-refractivity contribution in [2.24, 2.45) is 0 Å². The standard InChI is InChI=1S/C18H22O5/c1-9-6-11-7-12-16(17(19)15(11)10(2)23-9)13(20-3)8-14(21-4)18(12)22-5/h7-10,19H,6H2,1-5H3/t9-,10+/m0/s1. The number of aromatic hydroxyl groups is 1. The second-order valence-corrected chi connectivity index (χ2v) is 5.83. The van der Waals surface area contributed by atoms with Crippen molar-refractivity contribution in [1.29, 1.82) is 0 Å². The molecule has 0 saturated heterocycles. The van der Waals surface area contributed by atoms with Gasteiger partial charge in [0, 0.05) is 17.0 Å². The molecule has 2 aromatic rings. The van der Waals surface area contributed by atoms with Crippen LogP contribution in [-0.4, -0.2) is 32.5 Å². The van der Waals surface area contributed by atoms with Crippen LogP contribution in [0.4, 0.5) is 0 Å². The van der Waals surface area contributed by atoms with Gasteiger partial charge in [0.1, 0.15) is 11.5 Å². The first-order valence-electron chi connectivity index (χ1n) is 7.64. The molecule has 0 amide bonds. The zero-order valence-corrected chi connectivity index (χ0v) is 14.1. The molecule has 3 rings (SSSR count). The average molecular weight is 318 g/mol. The summed E-state index contributed by atoms with van der Waals surface area (Å²) in [4.78, 5) is 0. The Morgan fingerprint density at radius 2 is 1.74 bits per heavy atom. The van der Waals surface area contributed by atoms with Crippen LogP contribution in [0.15, 0.2) is 12.1 Å². The number of ether oxygens (including phenoxy) is 4. The first-order chi connectivity index (χ1) is 11.0. The zero-order chi connectivity index (χ0) is 16.7. The van der Waals surface area contributed by atoms with Crippen LogP contribution in [0, 0.1) is 0 Å². The van der Waals surface area contributed by atoms with Crippen LogP contribution < -0.4 is 14.2 Å². The fourth-order valence-corrected chi connectivity index (χ4v) is 3.48. The number of rotatable bonds is 3. The van der Waals surface area contributed by atoms with Gasteiger partial charge in [-0.1, -0.05) is 0 Å². The zero-order valence-electron chi connectivity index (χ0n) is 14.1. The molecule has 2 aromatic carbocycles. The molecule has 0 saturated carbocycles. The molecule has 1 aliphatic rings. The summed E-state index contributed by atoms with van der Waals surface area (Å²) in [6.45, 7) is 3.98. The smallest absolute Gasteiger partial charge is 0.168 e. The number of phenols is 1. The van der Waals surface area contributed by atoms with E-state index in [1.165, 1.54) is 0 Å². The van der Waals surface area contributed by atoms with Crippen molar-refractivity contribution in [3.05, 3.63) is 23.3 Å². The van der Waals surface area contributed by atoms with E-state index >= 15 is 0 Å². The number of hydrogen-bond donors (Lipinski definition) is 1. The Hall–Kier alpha value is -2.14. The molecule has 23 heavy (non-hydrogen) atoms. The number of hydrogen-bond acceptors (Lipinski definition) is 5. The lowest BCUT2D eigenvalue weighted by molar-refractivity contribution is -0.00582. The van der Waals surface area contributed by atoms with Crippen molar-refractivity contribution in [3.63, 3.8) is 0 Å². The summed E-state index contributed by atoms with van der Waals surface area (Å²) in [5.74, 6) is 1.90. The third-order valence-electron chi connectivity index (χ3n) is 4.40. The summed E-state index contributed by atoms with van der Waals surface area (Å²) in [7, 11) is 4.75. The Labute approximate surface area is 135 Å². The summed E-state index contributed by atoms with van der Waals surface area (Å²) >= 11 is 0. The van der Waals surface area contributed by atoms with Gasteiger partial charge in [0.2, 0.25) is 0 Å². The summed E-state index contributed by atoms with van der Waals surface area (Å²) in [5.41, 5.74) is 1.89. The minimum absolute atomic E-state index is 0.104. The quantitative estimate of drug-likeness (QED) is 0.937. The highest BCUT2D eigenvalue weighted by molar-refractivity contribution is 6.01. The molecule has 0 unspecified atom stereocenters. The van der Waals surface area contributed by atoms with E-state index in [4.69, 9.17) is 18.9 Å². The van der Waals surface area contributed by atoms with Crippen LogP contribution in [0.3, 0.4) is 0 Å². The Kier molecular flexibility index (Phi) is 3.98. The summed E-state index contributed by atoms with van der Waals surface area (Å²) in [6.07, 6.45) is 0.676. The normalized spacial score (nSPS) is 20.2. The molecule has 0 fully saturated rings. The maximum Gasteiger partial charge on any atom is 0.168 e. The molecule has 0 bridgehead atoms. The third-order valence-corrected chi connectivity index (χ3v) is 4.40. The first-order valence-corrected chi connectivity index (χ1v) is 7.64. The summed E-state index contributed by atoms with van der Waals surface area (Å²) in [6, 6.07) is 3.77.